The molecular weight excluding hydrogens is 459 g/mol. The molecular formula is C24H30Cl2N6O. The number of benzene rings is 1. The Morgan fingerprint density at radius 1 is 1.12 bits per heavy atom. The Balaban J connectivity index is 0.00000259. The summed E-state index contributed by atoms with van der Waals surface area (Å²) >= 11 is 6.47. The Kier molecular flexibility index (Phi) is 7.73. The molecule has 2 aliphatic rings. The van der Waals surface area contributed by atoms with E-state index in [1.165, 1.54) is 0 Å². The number of hydrogen-bond donors (Lipinski definition) is 4. The van der Waals surface area contributed by atoms with Gasteiger partial charge in [0.05, 0.1) is 22.8 Å². The molecule has 3 atom stereocenters. The van der Waals surface area contributed by atoms with Gasteiger partial charge in [0.1, 0.15) is 0 Å². The summed E-state index contributed by atoms with van der Waals surface area (Å²) < 4.78 is 0. The van der Waals surface area contributed by atoms with Crippen molar-refractivity contribution in [2.45, 2.75) is 50.6 Å². The molecule has 3 heterocycles. The number of aromatic nitrogens is 3. The Morgan fingerprint density at radius 3 is 2.82 bits per heavy atom. The van der Waals surface area contributed by atoms with Crippen molar-refractivity contribution in [3.8, 4) is 11.3 Å². The third-order valence-electron chi connectivity index (χ3n) is 6.61. The summed E-state index contributed by atoms with van der Waals surface area (Å²) in [6, 6.07) is 8.51. The van der Waals surface area contributed by atoms with E-state index in [-0.39, 0.29) is 36.3 Å². The molecule has 3 aromatic rings. The number of rotatable bonds is 5. The number of piperidine rings is 1. The molecule has 9 heteroatoms. The molecule has 7 nitrogen and oxygen atoms in total. The van der Waals surface area contributed by atoms with Crippen LogP contribution in [0.2, 0.25) is 5.02 Å². The van der Waals surface area contributed by atoms with Gasteiger partial charge in [-0.15, -0.1) is 12.4 Å². The van der Waals surface area contributed by atoms with Crippen molar-refractivity contribution in [2.75, 3.05) is 18.4 Å². The van der Waals surface area contributed by atoms with Crippen LogP contribution in [-0.2, 0) is 4.79 Å². The van der Waals surface area contributed by atoms with Crippen molar-refractivity contribution >= 4 is 46.8 Å². The number of fused-ring (bicyclic) bond motifs is 1. The molecule has 5 rings (SSSR count). The van der Waals surface area contributed by atoms with E-state index in [0.717, 1.165) is 68.1 Å². The van der Waals surface area contributed by atoms with Gasteiger partial charge in [-0.25, -0.2) is 9.97 Å². The Morgan fingerprint density at radius 2 is 1.97 bits per heavy atom. The highest BCUT2D eigenvalue weighted by molar-refractivity contribution is 6.33. The summed E-state index contributed by atoms with van der Waals surface area (Å²) in [6.07, 6.45) is 9.63. The Hall–Kier alpha value is -2.35. The first kappa shape index (κ1) is 23.8. The summed E-state index contributed by atoms with van der Waals surface area (Å²) in [7, 11) is 0. The third-order valence-corrected chi connectivity index (χ3v) is 6.89. The molecule has 2 aromatic heterocycles. The van der Waals surface area contributed by atoms with E-state index in [1.54, 1.807) is 6.20 Å². The van der Waals surface area contributed by atoms with Crippen molar-refractivity contribution in [3.63, 3.8) is 0 Å². The van der Waals surface area contributed by atoms with Crippen LogP contribution < -0.4 is 16.0 Å². The molecule has 1 saturated heterocycles. The number of nitrogens with zero attached hydrogens (tertiary/aromatic N) is 2. The fourth-order valence-corrected chi connectivity index (χ4v) is 5.12. The van der Waals surface area contributed by atoms with Crippen molar-refractivity contribution in [1.29, 1.82) is 0 Å². The number of anilines is 1. The maximum Gasteiger partial charge on any atom is 0.224 e. The van der Waals surface area contributed by atoms with Gasteiger partial charge >= 0.3 is 0 Å². The molecule has 1 amide bonds. The van der Waals surface area contributed by atoms with Gasteiger partial charge in [-0.1, -0.05) is 29.8 Å². The fraction of sp³-hybridized carbons (Fsp3) is 0.458. The first-order valence-electron chi connectivity index (χ1n) is 11.5. The zero-order chi connectivity index (χ0) is 21.9. The number of para-hydroxylation sites is 1. The summed E-state index contributed by atoms with van der Waals surface area (Å²) in [5.41, 5.74) is 2.73. The molecule has 0 spiro atoms. The van der Waals surface area contributed by atoms with Gasteiger partial charge in [-0.2, -0.15) is 0 Å². The lowest BCUT2D eigenvalue weighted by molar-refractivity contribution is -0.126. The summed E-state index contributed by atoms with van der Waals surface area (Å²) in [5.74, 6) is 0.853. The van der Waals surface area contributed by atoms with Crippen LogP contribution in [0.5, 0.6) is 0 Å². The first-order valence-corrected chi connectivity index (χ1v) is 11.9. The standard InChI is InChI=1S/C24H29ClN6O.ClH/c25-20-14-28-24(31-22(20)19-13-27-21-9-2-1-8-18(19)21)30-17-7-3-6-16(11-17)29-23(32)15-5-4-10-26-12-15;/h1-2,8-9,13-17,26-27H,3-7,10-12H2,(H,29,32)(H,28,30,31);1H/t15-,16+,17-;/m1./s1. The van der Waals surface area contributed by atoms with Crippen molar-refractivity contribution in [3.05, 3.63) is 41.7 Å². The van der Waals surface area contributed by atoms with E-state index < -0.39 is 0 Å². The maximum absolute atomic E-state index is 12.6. The minimum Gasteiger partial charge on any atom is -0.360 e. The van der Waals surface area contributed by atoms with Crippen LogP contribution in [0, 0.1) is 5.92 Å². The van der Waals surface area contributed by atoms with E-state index in [4.69, 9.17) is 16.6 Å². The maximum atomic E-state index is 12.6. The van der Waals surface area contributed by atoms with E-state index in [0.29, 0.717) is 16.7 Å². The lowest BCUT2D eigenvalue weighted by atomic mass is 9.90. The number of nitrogens with one attached hydrogen (secondary N) is 4. The zero-order valence-electron chi connectivity index (χ0n) is 18.4. The number of halogens is 2. The summed E-state index contributed by atoms with van der Waals surface area (Å²) in [4.78, 5) is 25.1. The minimum atomic E-state index is 0. The summed E-state index contributed by atoms with van der Waals surface area (Å²) in [5, 5.41) is 11.7. The summed E-state index contributed by atoms with van der Waals surface area (Å²) in [6.45, 7) is 1.80. The van der Waals surface area contributed by atoms with Gasteiger partial charge in [0.2, 0.25) is 11.9 Å². The number of hydrogen-bond acceptors (Lipinski definition) is 5. The quantitative estimate of drug-likeness (QED) is 0.422. The highest BCUT2D eigenvalue weighted by Crippen LogP contribution is 2.32. The first-order chi connectivity index (χ1) is 15.7. The molecule has 1 aliphatic heterocycles. The predicted molar refractivity (Wildman–Crippen MR) is 135 cm³/mol. The van der Waals surface area contributed by atoms with Crippen LogP contribution in [0.1, 0.15) is 38.5 Å². The Bertz CT molecular complexity index is 1100. The number of amides is 1. The average molecular weight is 489 g/mol. The molecule has 1 saturated carbocycles. The van der Waals surface area contributed by atoms with Gasteiger partial charge in [0.25, 0.3) is 0 Å². The molecule has 33 heavy (non-hydrogen) atoms. The molecule has 4 N–H and O–H groups in total. The predicted octanol–water partition coefficient (Wildman–Crippen LogP) is 4.54. The highest BCUT2D eigenvalue weighted by Gasteiger charge is 2.27. The molecule has 0 unspecified atom stereocenters. The molecule has 176 valence electrons. The van der Waals surface area contributed by atoms with Gasteiger partial charge in [0, 0.05) is 41.3 Å². The molecule has 0 bridgehead atoms. The minimum absolute atomic E-state index is 0. The third kappa shape index (κ3) is 5.42. The fourth-order valence-electron chi connectivity index (χ4n) is 4.92. The van der Waals surface area contributed by atoms with E-state index in [1.807, 2.05) is 24.4 Å². The number of aromatic amines is 1. The second-order valence-corrected chi connectivity index (χ2v) is 9.30. The second kappa shape index (κ2) is 10.7. The highest BCUT2D eigenvalue weighted by atomic mass is 35.5. The normalized spacial score (nSPS) is 23.0. The van der Waals surface area contributed by atoms with E-state index >= 15 is 0 Å². The number of carbonyl (C=O) groups is 1. The van der Waals surface area contributed by atoms with Crippen LogP contribution in [0.25, 0.3) is 22.2 Å². The number of H-pyrrole nitrogens is 1. The van der Waals surface area contributed by atoms with Gasteiger partial charge in [-0.3, -0.25) is 4.79 Å². The largest absolute Gasteiger partial charge is 0.360 e. The monoisotopic (exact) mass is 488 g/mol. The topological polar surface area (TPSA) is 94.7 Å². The van der Waals surface area contributed by atoms with E-state index in [9.17, 15) is 4.79 Å². The smallest absolute Gasteiger partial charge is 0.224 e. The van der Waals surface area contributed by atoms with Crippen molar-refractivity contribution < 1.29 is 4.79 Å². The molecule has 0 radical (unpaired) electrons. The van der Waals surface area contributed by atoms with Gasteiger partial charge < -0.3 is 20.9 Å². The zero-order valence-corrected chi connectivity index (χ0v) is 20.0. The Labute approximate surface area is 204 Å². The van der Waals surface area contributed by atoms with Crippen LogP contribution in [-0.4, -0.2) is 46.0 Å². The van der Waals surface area contributed by atoms with Crippen LogP contribution >= 0.6 is 24.0 Å². The van der Waals surface area contributed by atoms with Crippen LogP contribution in [0.3, 0.4) is 0 Å². The molecule has 1 aliphatic carbocycles. The SMILES string of the molecule is Cl.O=C(N[C@H]1CCC[C@@H](Nc2ncc(Cl)c(-c3c[nH]c4ccccc34)n2)C1)[C@@H]1CCCNC1. The molecule has 2 fully saturated rings. The van der Waals surface area contributed by atoms with Crippen molar-refractivity contribution in [1.82, 2.24) is 25.6 Å². The van der Waals surface area contributed by atoms with Crippen LogP contribution in [0.15, 0.2) is 36.7 Å². The van der Waals surface area contributed by atoms with Crippen molar-refractivity contribution in [2.24, 2.45) is 5.92 Å². The van der Waals surface area contributed by atoms with Gasteiger partial charge in [0.15, 0.2) is 0 Å². The van der Waals surface area contributed by atoms with Crippen LogP contribution in [0.4, 0.5) is 5.95 Å². The number of carbonyl (C=O) groups excluding carboxylic acids is 1. The van der Waals surface area contributed by atoms with E-state index in [2.05, 4.69) is 32.0 Å². The lowest BCUT2D eigenvalue weighted by Gasteiger charge is -2.32. The molecule has 1 aromatic carbocycles. The lowest BCUT2D eigenvalue weighted by Crippen LogP contribution is -2.47. The average Bonchev–Trinajstić information content (AvgIpc) is 3.25. The second-order valence-electron chi connectivity index (χ2n) is 8.89. The van der Waals surface area contributed by atoms with Gasteiger partial charge in [-0.05, 0) is 51.1 Å².